The fraction of sp³-hybridized carbons (Fsp3) is 0.636. The molecule has 4 heterocycles. The fourth-order valence-corrected chi connectivity index (χ4v) is 9.57. The number of piperidine rings is 1. The van der Waals surface area contributed by atoms with Crippen molar-refractivity contribution in [1.29, 1.82) is 0 Å². The van der Waals surface area contributed by atoms with Crippen LogP contribution in [0.25, 0.3) is 0 Å². The van der Waals surface area contributed by atoms with Crippen LogP contribution < -0.4 is 20.0 Å². The largest absolute Gasteiger partial charge is 0.390 e. The van der Waals surface area contributed by atoms with Crippen molar-refractivity contribution in [2.75, 3.05) is 54.0 Å². The number of urea groups is 1. The van der Waals surface area contributed by atoms with Gasteiger partial charge in [0.2, 0.25) is 0 Å². The van der Waals surface area contributed by atoms with Gasteiger partial charge in [0, 0.05) is 38.3 Å². The summed E-state index contributed by atoms with van der Waals surface area (Å²) in [7, 11) is 0. The molecule has 0 radical (unpaired) electrons. The lowest BCUT2D eigenvalue weighted by atomic mass is 9.52. The highest BCUT2D eigenvalue weighted by Gasteiger charge is 2.55. The first-order chi connectivity index (χ1) is 20.0. The lowest BCUT2D eigenvalue weighted by molar-refractivity contribution is -0.136. The lowest BCUT2D eigenvalue weighted by Crippen LogP contribution is -2.63. The Kier molecular flexibility index (Phi) is 6.40. The number of pyridine rings is 1. The van der Waals surface area contributed by atoms with Crippen LogP contribution in [0.4, 0.5) is 27.7 Å². The number of carbonyl (C=O) groups excluding carboxylic acids is 1. The fourth-order valence-electron chi connectivity index (χ4n) is 9.57. The lowest BCUT2D eigenvalue weighted by Gasteiger charge is -2.58. The maximum atomic E-state index is 13.7. The molecule has 1 aromatic heterocycles. The van der Waals surface area contributed by atoms with Gasteiger partial charge >= 0.3 is 6.03 Å². The minimum absolute atomic E-state index is 0.00204. The third-order valence-electron chi connectivity index (χ3n) is 11.3. The SMILES string of the molecule is O=C(NC1[C@@H]2CC3C[C@H]1CC(O)(C3)C2)N1CCN(c2ccc(N3CCC(N4CCCC4)CC3)cn2)c2ccccc21. The minimum atomic E-state index is -0.484. The standard InChI is InChI=1S/C33H44N6O2/c40-32(35-31-24-17-23-18-25(31)21-33(41,19-23)20-24)39-16-15-38(28-5-1-2-6-29(28)39)30-8-7-27(22-34-30)37-13-9-26(10-14-37)36-11-3-4-12-36/h1-2,5-8,22-26,31,41H,3-4,9-21H2,(H,35,40)/t23?,24-,25+,31?,33?. The van der Waals surface area contributed by atoms with E-state index >= 15 is 0 Å². The molecule has 2 N–H and O–H groups in total. The number of rotatable bonds is 4. The van der Waals surface area contributed by atoms with Gasteiger partial charge in [-0.25, -0.2) is 9.78 Å². The van der Waals surface area contributed by atoms with Crippen molar-refractivity contribution in [1.82, 2.24) is 15.2 Å². The molecule has 9 rings (SSSR count). The van der Waals surface area contributed by atoms with Gasteiger partial charge in [0.25, 0.3) is 0 Å². The van der Waals surface area contributed by atoms with Crippen molar-refractivity contribution >= 4 is 28.9 Å². The second-order valence-corrected chi connectivity index (χ2v) is 13.8. The summed E-state index contributed by atoms with van der Waals surface area (Å²) in [6.45, 7) is 6.08. The van der Waals surface area contributed by atoms with Crippen molar-refractivity contribution in [3.63, 3.8) is 0 Å². The van der Waals surface area contributed by atoms with Crippen LogP contribution in [-0.2, 0) is 0 Å². The Balaban J connectivity index is 0.945. The van der Waals surface area contributed by atoms with E-state index in [0.29, 0.717) is 30.8 Å². The van der Waals surface area contributed by atoms with Crippen LogP contribution in [0.2, 0.25) is 0 Å². The number of nitrogens with zero attached hydrogens (tertiary/aromatic N) is 5. The number of amides is 2. The number of nitrogens with one attached hydrogen (secondary N) is 1. The summed E-state index contributed by atoms with van der Waals surface area (Å²) in [5, 5.41) is 14.4. The number of benzene rings is 1. The van der Waals surface area contributed by atoms with E-state index < -0.39 is 5.60 Å². The number of likely N-dealkylation sites (tertiary alicyclic amines) is 1. The van der Waals surface area contributed by atoms with E-state index in [1.165, 1.54) is 44.5 Å². The Morgan fingerprint density at radius 3 is 2.29 bits per heavy atom. The average molecular weight is 557 g/mol. The van der Waals surface area contributed by atoms with Crippen LogP contribution in [0.15, 0.2) is 42.6 Å². The summed E-state index contributed by atoms with van der Waals surface area (Å²) in [4.78, 5) is 28.0. The van der Waals surface area contributed by atoms with E-state index in [1.54, 1.807) is 0 Å². The number of anilines is 4. The van der Waals surface area contributed by atoms with Crippen molar-refractivity contribution in [3.05, 3.63) is 42.6 Å². The molecule has 8 nitrogen and oxygen atoms in total. The molecule has 41 heavy (non-hydrogen) atoms. The van der Waals surface area contributed by atoms with Crippen LogP contribution in [-0.4, -0.2) is 78.0 Å². The Morgan fingerprint density at radius 1 is 0.878 bits per heavy atom. The van der Waals surface area contributed by atoms with Crippen LogP contribution in [0.3, 0.4) is 0 Å². The van der Waals surface area contributed by atoms with Crippen molar-refractivity contribution in [2.45, 2.75) is 75.5 Å². The van der Waals surface area contributed by atoms with Gasteiger partial charge in [-0.05, 0) is 113 Å². The molecule has 4 saturated carbocycles. The number of hydrogen-bond donors (Lipinski definition) is 2. The summed E-state index contributed by atoms with van der Waals surface area (Å²) in [5.74, 6) is 2.37. The molecular formula is C33H44N6O2. The summed E-state index contributed by atoms with van der Waals surface area (Å²) >= 11 is 0. The van der Waals surface area contributed by atoms with Crippen molar-refractivity contribution in [3.8, 4) is 0 Å². The molecule has 0 spiro atoms. The molecule has 2 saturated heterocycles. The first-order valence-electron chi connectivity index (χ1n) is 16.2. The van der Waals surface area contributed by atoms with Crippen molar-refractivity contribution < 1.29 is 9.90 Å². The molecule has 1 aromatic carbocycles. The first kappa shape index (κ1) is 25.8. The molecule has 6 fully saturated rings. The first-order valence-corrected chi connectivity index (χ1v) is 16.2. The van der Waals surface area contributed by atoms with Crippen LogP contribution >= 0.6 is 0 Å². The Morgan fingerprint density at radius 2 is 1.61 bits per heavy atom. The normalized spacial score (nSPS) is 33.3. The van der Waals surface area contributed by atoms with Gasteiger partial charge in [0.05, 0.1) is 28.9 Å². The topological polar surface area (TPSA) is 75.2 Å². The second-order valence-electron chi connectivity index (χ2n) is 13.8. The highest BCUT2D eigenvalue weighted by Crippen LogP contribution is 2.55. The maximum Gasteiger partial charge on any atom is 0.322 e. The summed E-state index contributed by atoms with van der Waals surface area (Å²) in [5.41, 5.74) is 2.69. The predicted molar refractivity (Wildman–Crippen MR) is 162 cm³/mol. The van der Waals surface area contributed by atoms with Crippen LogP contribution in [0.1, 0.15) is 57.8 Å². The monoisotopic (exact) mass is 556 g/mol. The smallest absolute Gasteiger partial charge is 0.322 e. The zero-order chi connectivity index (χ0) is 27.6. The van der Waals surface area contributed by atoms with Crippen LogP contribution in [0, 0.1) is 17.8 Å². The van der Waals surface area contributed by atoms with E-state index in [4.69, 9.17) is 4.98 Å². The number of hydrogen-bond acceptors (Lipinski definition) is 6. The Hall–Kier alpha value is -2.84. The third kappa shape index (κ3) is 4.67. The number of fused-ring (bicyclic) bond motifs is 1. The van der Waals surface area contributed by atoms with Gasteiger partial charge in [-0.15, -0.1) is 0 Å². The van der Waals surface area contributed by atoms with Gasteiger partial charge in [-0.3, -0.25) is 4.90 Å². The van der Waals surface area contributed by atoms with E-state index in [-0.39, 0.29) is 12.1 Å². The predicted octanol–water partition coefficient (Wildman–Crippen LogP) is 4.75. The Bertz CT molecular complexity index is 1250. The van der Waals surface area contributed by atoms with E-state index in [1.807, 2.05) is 23.2 Å². The molecular weight excluding hydrogens is 512 g/mol. The quantitative estimate of drug-likeness (QED) is 0.566. The molecule has 2 amide bonds. The van der Waals surface area contributed by atoms with Gasteiger partial charge in [0.1, 0.15) is 5.82 Å². The maximum absolute atomic E-state index is 13.7. The molecule has 3 unspecified atom stereocenters. The Labute approximate surface area is 243 Å². The molecule has 3 aliphatic heterocycles. The van der Waals surface area contributed by atoms with Gasteiger partial charge in [-0.1, -0.05) is 12.1 Å². The zero-order valence-corrected chi connectivity index (χ0v) is 24.1. The van der Waals surface area contributed by atoms with Crippen LogP contribution in [0.5, 0.6) is 0 Å². The molecule has 4 aliphatic carbocycles. The molecule has 2 aromatic rings. The van der Waals surface area contributed by atoms with Crippen molar-refractivity contribution in [2.24, 2.45) is 17.8 Å². The third-order valence-corrected chi connectivity index (χ3v) is 11.3. The van der Waals surface area contributed by atoms with Gasteiger partial charge in [-0.2, -0.15) is 0 Å². The zero-order valence-electron chi connectivity index (χ0n) is 24.1. The molecule has 7 aliphatic rings. The van der Waals surface area contributed by atoms with E-state index in [0.717, 1.165) is 68.4 Å². The molecule has 5 atom stereocenters. The number of carbonyl (C=O) groups is 1. The van der Waals surface area contributed by atoms with Gasteiger partial charge < -0.3 is 25.1 Å². The summed E-state index contributed by atoms with van der Waals surface area (Å²) in [6, 6.07) is 13.5. The second kappa shape index (κ2) is 10.2. The molecule has 218 valence electrons. The number of aromatic nitrogens is 1. The summed E-state index contributed by atoms with van der Waals surface area (Å²) < 4.78 is 0. The highest BCUT2D eigenvalue weighted by atomic mass is 16.3. The average Bonchev–Trinajstić information content (AvgIpc) is 3.53. The molecule has 4 bridgehead atoms. The number of para-hydroxylation sites is 2. The van der Waals surface area contributed by atoms with E-state index in [9.17, 15) is 9.90 Å². The number of aliphatic hydroxyl groups is 1. The van der Waals surface area contributed by atoms with E-state index in [2.05, 4.69) is 44.3 Å². The minimum Gasteiger partial charge on any atom is -0.390 e. The van der Waals surface area contributed by atoms with Gasteiger partial charge in [0.15, 0.2) is 0 Å². The summed E-state index contributed by atoms with van der Waals surface area (Å²) in [6.07, 6.45) is 12.2. The molecule has 8 heteroatoms. The highest BCUT2D eigenvalue weighted by molar-refractivity contribution is 5.98.